The Balaban J connectivity index is 1.53. The number of carbonyl (C=O) groups is 1. The van der Waals surface area contributed by atoms with Gasteiger partial charge in [0.25, 0.3) is 0 Å². The fourth-order valence-corrected chi connectivity index (χ4v) is 3.08. The Kier molecular flexibility index (Phi) is 3.93. The zero-order valence-electron chi connectivity index (χ0n) is 13.8. The van der Waals surface area contributed by atoms with Crippen LogP contribution in [0, 0.1) is 0 Å². The van der Waals surface area contributed by atoms with Crippen molar-refractivity contribution < 1.29 is 4.79 Å². The van der Waals surface area contributed by atoms with Crippen LogP contribution in [0.4, 0.5) is 5.69 Å². The molecule has 6 nitrogen and oxygen atoms in total. The van der Waals surface area contributed by atoms with E-state index in [2.05, 4.69) is 14.5 Å². The number of fused-ring (bicyclic) bond motifs is 1. The van der Waals surface area contributed by atoms with Crippen LogP contribution in [0.2, 0.25) is 0 Å². The van der Waals surface area contributed by atoms with E-state index in [-0.39, 0.29) is 12.3 Å². The molecule has 0 bridgehead atoms. The highest BCUT2D eigenvalue weighted by atomic mass is 16.2. The number of imidazole rings is 1. The third-order valence-electron chi connectivity index (χ3n) is 4.51. The summed E-state index contributed by atoms with van der Waals surface area (Å²) in [6.07, 6.45) is 3.82. The standard InChI is InChI=1S/C19H19N5O/c20-16-6-7-17(14-4-2-1-3-5-14)22-18(16)10-19(25)23-8-9-24-13-21-11-15(24)12-23/h1-7,11,13H,8-10,12,20H2. The van der Waals surface area contributed by atoms with Gasteiger partial charge in [0.1, 0.15) is 0 Å². The van der Waals surface area contributed by atoms with E-state index in [4.69, 9.17) is 5.73 Å². The van der Waals surface area contributed by atoms with Crippen LogP contribution in [0.5, 0.6) is 0 Å². The number of hydrogen-bond acceptors (Lipinski definition) is 4. The van der Waals surface area contributed by atoms with Crippen molar-refractivity contribution in [3.8, 4) is 11.3 Å². The van der Waals surface area contributed by atoms with Crippen molar-refractivity contribution in [2.75, 3.05) is 12.3 Å². The number of anilines is 1. The van der Waals surface area contributed by atoms with Crippen molar-refractivity contribution >= 4 is 11.6 Å². The minimum atomic E-state index is 0.0388. The topological polar surface area (TPSA) is 77.0 Å². The fourth-order valence-electron chi connectivity index (χ4n) is 3.08. The molecule has 3 aromatic rings. The van der Waals surface area contributed by atoms with Gasteiger partial charge in [-0.25, -0.2) is 4.98 Å². The lowest BCUT2D eigenvalue weighted by Gasteiger charge is -2.28. The average Bonchev–Trinajstić information content (AvgIpc) is 3.12. The number of hydrogen-bond donors (Lipinski definition) is 1. The molecule has 0 spiro atoms. The molecule has 0 fully saturated rings. The van der Waals surface area contributed by atoms with Gasteiger partial charge in [-0.3, -0.25) is 9.78 Å². The number of amides is 1. The van der Waals surface area contributed by atoms with Crippen molar-refractivity contribution in [2.24, 2.45) is 0 Å². The van der Waals surface area contributed by atoms with Crippen molar-refractivity contribution in [2.45, 2.75) is 19.5 Å². The molecule has 1 amide bonds. The molecular weight excluding hydrogens is 314 g/mol. The first-order valence-corrected chi connectivity index (χ1v) is 8.28. The minimum Gasteiger partial charge on any atom is -0.397 e. The molecule has 0 saturated heterocycles. The number of aromatic nitrogens is 3. The highest BCUT2D eigenvalue weighted by molar-refractivity contribution is 5.80. The van der Waals surface area contributed by atoms with E-state index in [1.807, 2.05) is 53.6 Å². The largest absolute Gasteiger partial charge is 0.397 e. The van der Waals surface area contributed by atoms with Gasteiger partial charge in [0.15, 0.2) is 0 Å². The van der Waals surface area contributed by atoms with E-state index in [0.717, 1.165) is 23.5 Å². The molecule has 0 saturated carbocycles. The predicted molar refractivity (Wildman–Crippen MR) is 95.4 cm³/mol. The van der Waals surface area contributed by atoms with E-state index in [1.165, 1.54) is 0 Å². The fraction of sp³-hybridized carbons (Fsp3) is 0.211. The summed E-state index contributed by atoms with van der Waals surface area (Å²) in [7, 11) is 0. The molecular formula is C19H19N5O. The quantitative estimate of drug-likeness (QED) is 0.796. The van der Waals surface area contributed by atoms with E-state index in [9.17, 15) is 4.79 Å². The highest BCUT2D eigenvalue weighted by Gasteiger charge is 2.22. The summed E-state index contributed by atoms with van der Waals surface area (Å²) in [5.74, 6) is 0.0388. The number of nitrogens with two attached hydrogens (primary N) is 1. The Morgan fingerprint density at radius 3 is 2.80 bits per heavy atom. The molecule has 2 N–H and O–H groups in total. The molecule has 2 aromatic heterocycles. The lowest BCUT2D eigenvalue weighted by molar-refractivity contribution is -0.131. The zero-order chi connectivity index (χ0) is 17.2. The second kappa shape index (κ2) is 6.39. The maximum absolute atomic E-state index is 12.7. The third-order valence-corrected chi connectivity index (χ3v) is 4.51. The van der Waals surface area contributed by atoms with Crippen LogP contribution in [0.25, 0.3) is 11.3 Å². The van der Waals surface area contributed by atoms with Gasteiger partial charge in [-0.15, -0.1) is 0 Å². The number of nitrogens with zero attached hydrogens (tertiary/aromatic N) is 4. The Hall–Kier alpha value is -3.15. The summed E-state index contributed by atoms with van der Waals surface area (Å²) < 4.78 is 2.08. The monoisotopic (exact) mass is 333 g/mol. The Bertz CT molecular complexity index is 903. The lowest BCUT2D eigenvalue weighted by Crippen LogP contribution is -2.38. The molecule has 3 heterocycles. The molecule has 1 aromatic carbocycles. The molecule has 25 heavy (non-hydrogen) atoms. The summed E-state index contributed by atoms with van der Waals surface area (Å²) >= 11 is 0. The molecule has 6 heteroatoms. The SMILES string of the molecule is Nc1ccc(-c2ccccc2)nc1CC(=O)N1CCn2cncc2C1. The smallest absolute Gasteiger partial charge is 0.229 e. The highest BCUT2D eigenvalue weighted by Crippen LogP contribution is 2.21. The minimum absolute atomic E-state index is 0.0388. The second-order valence-electron chi connectivity index (χ2n) is 6.17. The Morgan fingerprint density at radius 1 is 1.12 bits per heavy atom. The summed E-state index contributed by atoms with van der Waals surface area (Å²) in [5.41, 5.74) is 10.1. The number of rotatable bonds is 3. The first-order chi connectivity index (χ1) is 12.2. The van der Waals surface area contributed by atoms with Crippen LogP contribution in [0.1, 0.15) is 11.4 Å². The lowest BCUT2D eigenvalue weighted by atomic mass is 10.1. The molecule has 0 unspecified atom stereocenters. The predicted octanol–water partition coefficient (Wildman–Crippen LogP) is 2.11. The van der Waals surface area contributed by atoms with Crippen molar-refractivity contribution in [1.82, 2.24) is 19.4 Å². The average molecular weight is 333 g/mol. The molecule has 0 atom stereocenters. The van der Waals surface area contributed by atoms with Crippen molar-refractivity contribution in [3.05, 3.63) is 66.4 Å². The van der Waals surface area contributed by atoms with Crippen molar-refractivity contribution in [1.29, 1.82) is 0 Å². The van der Waals surface area contributed by atoms with Crippen molar-refractivity contribution in [3.63, 3.8) is 0 Å². The van der Waals surface area contributed by atoms with E-state index in [0.29, 0.717) is 24.5 Å². The van der Waals surface area contributed by atoms with Crippen LogP contribution in [-0.4, -0.2) is 31.9 Å². The normalized spacial score (nSPS) is 13.5. The molecule has 126 valence electrons. The first kappa shape index (κ1) is 15.4. The molecule has 0 aliphatic carbocycles. The second-order valence-corrected chi connectivity index (χ2v) is 6.17. The van der Waals surface area contributed by atoms with Gasteiger partial charge in [0, 0.05) is 24.8 Å². The number of pyridine rings is 1. The Morgan fingerprint density at radius 2 is 1.96 bits per heavy atom. The van der Waals surface area contributed by atoms with Gasteiger partial charge < -0.3 is 15.2 Å². The van der Waals surface area contributed by atoms with Crippen LogP contribution in [0.3, 0.4) is 0 Å². The number of carbonyl (C=O) groups excluding carboxylic acids is 1. The summed E-state index contributed by atoms with van der Waals surface area (Å²) in [6, 6.07) is 13.6. The summed E-state index contributed by atoms with van der Waals surface area (Å²) in [6.45, 7) is 2.03. The van der Waals surface area contributed by atoms with E-state index < -0.39 is 0 Å². The maximum Gasteiger partial charge on any atom is 0.229 e. The molecule has 0 radical (unpaired) electrons. The first-order valence-electron chi connectivity index (χ1n) is 8.28. The van der Waals surface area contributed by atoms with Crippen LogP contribution in [0.15, 0.2) is 55.0 Å². The van der Waals surface area contributed by atoms with Gasteiger partial charge in [-0.2, -0.15) is 0 Å². The van der Waals surface area contributed by atoms with Crippen LogP contribution >= 0.6 is 0 Å². The van der Waals surface area contributed by atoms with Gasteiger partial charge >= 0.3 is 0 Å². The zero-order valence-corrected chi connectivity index (χ0v) is 13.8. The number of benzene rings is 1. The summed E-state index contributed by atoms with van der Waals surface area (Å²) in [4.78, 5) is 23.3. The number of nitrogen functional groups attached to an aromatic ring is 1. The van der Waals surface area contributed by atoms with Gasteiger partial charge in [-0.1, -0.05) is 30.3 Å². The van der Waals surface area contributed by atoms with Gasteiger partial charge in [-0.05, 0) is 12.1 Å². The summed E-state index contributed by atoms with van der Waals surface area (Å²) in [5, 5.41) is 0. The molecule has 1 aliphatic rings. The van der Waals surface area contributed by atoms with Gasteiger partial charge in [0.05, 0.1) is 42.1 Å². The molecule has 1 aliphatic heterocycles. The van der Waals surface area contributed by atoms with Gasteiger partial charge in [0.2, 0.25) is 5.91 Å². The third kappa shape index (κ3) is 3.10. The van der Waals surface area contributed by atoms with E-state index in [1.54, 1.807) is 6.33 Å². The maximum atomic E-state index is 12.7. The van der Waals surface area contributed by atoms with Crippen LogP contribution < -0.4 is 5.73 Å². The Labute approximate surface area is 145 Å². The molecule has 4 rings (SSSR count). The van der Waals surface area contributed by atoms with Crippen LogP contribution in [-0.2, 0) is 24.3 Å². The van der Waals surface area contributed by atoms with E-state index >= 15 is 0 Å².